The minimum atomic E-state index is 0.285. The van der Waals surface area contributed by atoms with Gasteiger partial charge in [0.05, 0.1) is 12.3 Å². The van der Waals surface area contributed by atoms with Gasteiger partial charge in [-0.15, -0.1) is 0 Å². The fourth-order valence-electron chi connectivity index (χ4n) is 3.93. The number of nitrogens with one attached hydrogen (secondary N) is 2. The number of nitrogens with zero attached hydrogens (tertiary/aromatic N) is 2. The van der Waals surface area contributed by atoms with Crippen LogP contribution in [0.3, 0.4) is 0 Å². The zero-order valence-corrected chi connectivity index (χ0v) is 15.1. The molecule has 0 spiro atoms. The van der Waals surface area contributed by atoms with E-state index in [1.54, 1.807) is 6.26 Å². The smallest absolute Gasteiger partial charge is 0.191 e. The molecule has 1 aromatic rings. The van der Waals surface area contributed by atoms with Crippen LogP contribution in [-0.2, 0) is 0 Å². The van der Waals surface area contributed by atoms with Crippen molar-refractivity contribution >= 4 is 5.96 Å². The molecule has 1 aliphatic heterocycles. The Morgan fingerprint density at radius 1 is 1.29 bits per heavy atom. The third-order valence-electron chi connectivity index (χ3n) is 5.50. The highest BCUT2D eigenvalue weighted by molar-refractivity contribution is 5.80. The summed E-state index contributed by atoms with van der Waals surface area (Å²) in [5.41, 5.74) is 0. The lowest BCUT2D eigenvalue weighted by Gasteiger charge is -2.30. The molecule has 0 amide bonds. The van der Waals surface area contributed by atoms with E-state index in [1.807, 2.05) is 13.1 Å². The standard InChI is InChI=1S/C19H32N4O/c1-15-7-9-16(10-8-15)22-19(20-2)21-14-17(18-6-5-13-24-18)23-11-3-4-12-23/h5-6,13,15-17H,3-4,7-12,14H2,1-2H3,(H2,20,21,22). The highest BCUT2D eigenvalue weighted by atomic mass is 16.3. The van der Waals surface area contributed by atoms with Crippen molar-refractivity contribution in [1.82, 2.24) is 15.5 Å². The summed E-state index contributed by atoms with van der Waals surface area (Å²) in [7, 11) is 1.86. The van der Waals surface area contributed by atoms with Gasteiger partial charge >= 0.3 is 0 Å². The molecule has 1 saturated carbocycles. The lowest BCUT2D eigenvalue weighted by molar-refractivity contribution is 0.215. The van der Waals surface area contributed by atoms with Gasteiger partial charge in [0.1, 0.15) is 5.76 Å². The maximum absolute atomic E-state index is 5.69. The van der Waals surface area contributed by atoms with E-state index in [4.69, 9.17) is 4.42 Å². The van der Waals surface area contributed by atoms with Crippen molar-refractivity contribution in [1.29, 1.82) is 0 Å². The summed E-state index contributed by atoms with van der Waals surface area (Å²) < 4.78 is 5.69. The van der Waals surface area contributed by atoms with Crippen LogP contribution in [0.15, 0.2) is 27.8 Å². The molecule has 1 saturated heterocycles. The molecule has 5 nitrogen and oxygen atoms in total. The molecule has 134 valence electrons. The van der Waals surface area contributed by atoms with Gasteiger partial charge < -0.3 is 15.1 Å². The topological polar surface area (TPSA) is 52.8 Å². The van der Waals surface area contributed by atoms with E-state index in [1.165, 1.54) is 38.5 Å². The Morgan fingerprint density at radius 3 is 2.67 bits per heavy atom. The van der Waals surface area contributed by atoms with Crippen LogP contribution >= 0.6 is 0 Å². The van der Waals surface area contributed by atoms with E-state index in [-0.39, 0.29) is 6.04 Å². The number of hydrogen-bond donors (Lipinski definition) is 2. The Kier molecular flexibility index (Phi) is 6.18. The van der Waals surface area contributed by atoms with Gasteiger partial charge in [0.15, 0.2) is 5.96 Å². The van der Waals surface area contributed by atoms with E-state index in [2.05, 4.69) is 33.5 Å². The quantitative estimate of drug-likeness (QED) is 0.642. The lowest BCUT2D eigenvalue weighted by atomic mass is 9.87. The third kappa shape index (κ3) is 4.53. The third-order valence-corrected chi connectivity index (χ3v) is 5.50. The van der Waals surface area contributed by atoms with E-state index >= 15 is 0 Å². The van der Waals surface area contributed by atoms with Gasteiger partial charge in [-0.3, -0.25) is 9.89 Å². The highest BCUT2D eigenvalue weighted by Gasteiger charge is 2.26. The van der Waals surface area contributed by atoms with Gasteiger partial charge in [0.2, 0.25) is 0 Å². The Hall–Kier alpha value is -1.49. The molecule has 3 rings (SSSR count). The normalized spacial score (nSPS) is 27.2. The predicted molar refractivity (Wildman–Crippen MR) is 98.2 cm³/mol. The first-order chi connectivity index (χ1) is 11.8. The minimum absolute atomic E-state index is 0.285. The molecule has 1 atom stereocenters. The van der Waals surface area contributed by atoms with Crippen LogP contribution in [0, 0.1) is 5.92 Å². The SMILES string of the molecule is CN=C(NCC(c1ccco1)N1CCCC1)NC1CCC(C)CC1. The van der Waals surface area contributed by atoms with Crippen LogP contribution in [0.5, 0.6) is 0 Å². The molecule has 1 aromatic heterocycles. The summed E-state index contributed by atoms with van der Waals surface area (Å²) in [6, 6.07) is 4.91. The molecule has 2 aliphatic rings. The van der Waals surface area contributed by atoms with E-state index in [0.717, 1.165) is 37.3 Å². The minimum Gasteiger partial charge on any atom is -0.468 e. The Morgan fingerprint density at radius 2 is 2.04 bits per heavy atom. The van der Waals surface area contributed by atoms with Crippen molar-refractivity contribution in [3.63, 3.8) is 0 Å². The number of hydrogen-bond acceptors (Lipinski definition) is 3. The van der Waals surface area contributed by atoms with Gasteiger partial charge in [-0.1, -0.05) is 6.92 Å². The van der Waals surface area contributed by atoms with Crippen molar-refractivity contribution in [2.24, 2.45) is 10.9 Å². The summed E-state index contributed by atoms with van der Waals surface area (Å²) in [4.78, 5) is 6.94. The van der Waals surface area contributed by atoms with E-state index in [0.29, 0.717) is 6.04 Å². The molecule has 1 aliphatic carbocycles. The molecular weight excluding hydrogens is 300 g/mol. The fraction of sp³-hybridized carbons (Fsp3) is 0.737. The van der Waals surface area contributed by atoms with Crippen LogP contribution in [-0.4, -0.2) is 43.6 Å². The zero-order chi connectivity index (χ0) is 16.8. The Bertz CT molecular complexity index is 499. The van der Waals surface area contributed by atoms with Crippen molar-refractivity contribution < 1.29 is 4.42 Å². The molecule has 24 heavy (non-hydrogen) atoms. The maximum atomic E-state index is 5.69. The molecule has 2 N–H and O–H groups in total. The molecule has 2 heterocycles. The highest BCUT2D eigenvalue weighted by Crippen LogP contribution is 2.25. The monoisotopic (exact) mass is 332 g/mol. The second-order valence-electron chi connectivity index (χ2n) is 7.33. The van der Waals surface area contributed by atoms with Crippen molar-refractivity contribution in [2.75, 3.05) is 26.7 Å². The first kappa shape index (κ1) is 17.3. The Labute approximate surface area is 145 Å². The summed E-state index contributed by atoms with van der Waals surface area (Å²) in [6.07, 6.45) is 9.46. The maximum Gasteiger partial charge on any atom is 0.191 e. The zero-order valence-electron chi connectivity index (χ0n) is 15.1. The van der Waals surface area contributed by atoms with Crippen molar-refractivity contribution in [3.05, 3.63) is 24.2 Å². The summed E-state index contributed by atoms with van der Waals surface area (Å²) in [6.45, 7) is 5.49. The molecule has 0 radical (unpaired) electrons. The van der Waals surface area contributed by atoms with Crippen molar-refractivity contribution in [3.8, 4) is 0 Å². The number of aliphatic imine (C=N–C) groups is 1. The van der Waals surface area contributed by atoms with Crippen LogP contribution < -0.4 is 10.6 Å². The molecular formula is C19H32N4O. The van der Waals surface area contributed by atoms with Crippen LogP contribution in [0.1, 0.15) is 57.3 Å². The predicted octanol–water partition coefficient (Wildman–Crippen LogP) is 3.16. The number of likely N-dealkylation sites (tertiary alicyclic amines) is 1. The van der Waals surface area contributed by atoms with Gasteiger partial charge in [-0.2, -0.15) is 0 Å². The van der Waals surface area contributed by atoms with E-state index in [9.17, 15) is 0 Å². The van der Waals surface area contributed by atoms with Gasteiger partial charge in [0, 0.05) is 19.6 Å². The lowest BCUT2D eigenvalue weighted by Crippen LogP contribution is -2.47. The molecule has 0 aromatic carbocycles. The molecule has 0 bridgehead atoms. The average molecular weight is 332 g/mol. The van der Waals surface area contributed by atoms with Gasteiger partial charge in [-0.05, 0) is 69.7 Å². The van der Waals surface area contributed by atoms with Gasteiger partial charge in [-0.25, -0.2) is 0 Å². The molecule has 1 unspecified atom stereocenters. The van der Waals surface area contributed by atoms with Crippen LogP contribution in [0.25, 0.3) is 0 Å². The second-order valence-corrected chi connectivity index (χ2v) is 7.33. The van der Waals surface area contributed by atoms with Crippen molar-refractivity contribution in [2.45, 2.75) is 57.5 Å². The summed E-state index contributed by atoms with van der Waals surface area (Å²) in [5.74, 6) is 2.84. The fourth-order valence-corrected chi connectivity index (χ4v) is 3.93. The van der Waals surface area contributed by atoms with Crippen LogP contribution in [0.2, 0.25) is 0 Å². The number of guanidine groups is 1. The molecule has 2 fully saturated rings. The Balaban J connectivity index is 1.54. The van der Waals surface area contributed by atoms with E-state index < -0.39 is 0 Å². The summed E-state index contributed by atoms with van der Waals surface area (Å²) >= 11 is 0. The van der Waals surface area contributed by atoms with Gasteiger partial charge in [0.25, 0.3) is 0 Å². The van der Waals surface area contributed by atoms with Crippen LogP contribution in [0.4, 0.5) is 0 Å². The largest absolute Gasteiger partial charge is 0.468 e. The first-order valence-corrected chi connectivity index (χ1v) is 9.51. The average Bonchev–Trinajstić information content (AvgIpc) is 3.30. The number of rotatable bonds is 5. The first-order valence-electron chi connectivity index (χ1n) is 9.51. The molecule has 5 heteroatoms. The number of furan rings is 1. The second kappa shape index (κ2) is 8.56. The summed E-state index contributed by atoms with van der Waals surface area (Å²) in [5, 5.41) is 7.14.